The lowest BCUT2D eigenvalue weighted by Gasteiger charge is -2.06. The lowest BCUT2D eigenvalue weighted by molar-refractivity contribution is 0.102. The van der Waals surface area contributed by atoms with Gasteiger partial charge in [-0.3, -0.25) is 4.79 Å². The van der Waals surface area contributed by atoms with Crippen LogP contribution in [-0.2, 0) is 0 Å². The second kappa shape index (κ2) is 7.02. The summed E-state index contributed by atoms with van der Waals surface area (Å²) in [5, 5.41) is 14.8. The van der Waals surface area contributed by atoms with Crippen molar-refractivity contribution in [1.29, 1.82) is 0 Å². The van der Waals surface area contributed by atoms with Gasteiger partial charge in [0.25, 0.3) is 5.91 Å². The summed E-state index contributed by atoms with van der Waals surface area (Å²) in [6.45, 7) is 1.81. The van der Waals surface area contributed by atoms with Gasteiger partial charge in [0.15, 0.2) is 0 Å². The van der Waals surface area contributed by atoms with Gasteiger partial charge in [-0.25, -0.2) is 4.39 Å². The van der Waals surface area contributed by atoms with Crippen LogP contribution in [0.4, 0.5) is 10.1 Å². The molecule has 0 aliphatic carbocycles. The molecule has 0 aliphatic heterocycles. The van der Waals surface area contributed by atoms with Crippen LogP contribution in [-0.4, -0.2) is 17.6 Å². The molecular weight excluding hydrogens is 289 g/mol. The fourth-order valence-electron chi connectivity index (χ4n) is 1.70. The van der Waals surface area contributed by atoms with Gasteiger partial charge in [0.2, 0.25) is 0 Å². The minimum atomic E-state index is -0.535. The van der Waals surface area contributed by atoms with E-state index in [0.717, 1.165) is 5.56 Å². The van der Waals surface area contributed by atoms with E-state index in [0.29, 0.717) is 17.5 Å². The van der Waals surface area contributed by atoms with Crippen molar-refractivity contribution in [2.24, 2.45) is 0 Å². The van der Waals surface area contributed by atoms with E-state index in [1.165, 1.54) is 23.5 Å². The number of hydrogen-bond acceptors (Lipinski definition) is 3. The second-order valence-corrected chi connectivity index (χ2v) is 5.14. The summed E-state index contributed by atoms with van der Waals surface area (Å²) >= 11 is 1.43. The minimum Gasteiger partial charge on any atom is -0.395 e. The molecule has 21 heavy (non-hydrogen) atoms. The first-order valence-electron chi connectivity index (χ1n) is 6.35. The van der Waals surface area contributed by atoms with Crippen LogP contribution in [0.25, 0.3) is 0 Å². The second-order valence-electron chi connectivity index (χ2n) is 4.39. The van der Waals surface area contributed by atoms with Crippen molar-refractivity contribution < 1.29 is 14.3 Å². The predicted molar refractivity (Wildman–Crippen MR) is 82.0 cm³/mol. The van der Waals surface area contributed by atoms with Crippen molar-refractivity contribution in [3.05, 3.63) is 51.5 Å². The zero-order chi connectivity index (χ0) is 15.2. The third kappa shape index (κ3) is 3.91. The van der Waals surface area contributed by atoms with E-state index in [9.17, 15) is 9.18 Å². The highest BCUT2D eigenvalue weighted by Gasteiger charge is 2.12. The molecule has 0 bridgehead atoms. The molecule has 1 aromatic heterocycles. The van der Waals surface area contributed by atoms with Gasteiger partial charge in [-0.15, -0.1) is 0 Å². The molecule has 0 atom stereocenters. The van der Waals surface area contributed by atoms with Crippen LogP contribution in [0.1, 0.15) is 27.9 Å². The van der Waals surface area contributed by atoms with Crippen molar-refractivity contribution >= 4 is 22.9 Å². The number of carbonyl (C=O) groups excluding carboxylic acids is 1. The van der Waals surface area contributed by atoms with Crippen molar-refractivity contribution in [2.45, 2.75) is 13.3 Å². The van der Waals surface area contributed by atoms with Crippen LogP contribution in [0.3, 0.4) is 0 Å². The quantitative estimate of drug-likeness (QED) is 0.856. The molecule has 0 saturated heterocycles. The van der Waals surface area contributed by atoms with Crippen molar-refractivity contribution in [3.8, 4) is 11.8 Å². The molecule has 5 heteroatoms. The van der Waals surface area contributed by atoms with Crippen LogP contribution in [0.5, 0.6) is 0 Å². The summed E-state index contributed by atoms with van der Waals surface area (Å²) < 4.78 is 13.9. The Labute approximate surface area is 126 Å². The largest absolute Gasteiger partial charge is 0.395 e. The standard InChI is InChI=1S/C16H14FNO2S/c1-11-9-21-10-13(11)16(20)18-15-6-5-12(8-14(15)17)4-2-3-7-19/h5-6,8-10,19H,3,7H2,1H3,(H,18,20). The molecule has 1 heterocycles. The Balaban J connectivity index is 2.13. The lowest BCUT2D eigenvalue weighted by Crippen LogP contribution is -2.13. The molecule has 0 radical (unpaired) electrons. The molecule has 0 aliphatic rings. The number of anilines is 1. The molecular formula is C16H14FNO2S. The third-order valence-electron chi connectivity index (χ3n) is 2.79. The summed E-state index contributed by atoms with van der Waals surface area (Å²) in [5.74, 6) is 4.60. The topological polar surface area (TPSA) is 49.3 Å². The Morgan fingerprint density at radius 1 is 1.43 bits per heavy atom. The van der Waals surface area contributed by atoms with Crippen LogP contribution >= 0.6 is 11.3 Å². The summed E-state index contributed by atoms with van der Waals surface area (Å²) in [6, 6.07) is 4.38. The van der Waals surface area contributed by atoms with Gasteiger partial charge in [0.1, 0.15) is 5.82 Å². The van der Waals surface area contributed by atoms with Crippen LogP contribution < -0.4 is 5.32 Å². The number of aryl methyl sites for hydroxylation is 1. The Kier molecular flexibility index (Phi) is 5.09. The number of carbonyl (C=O) groups is 1. The number of benzene rings is 1. The summed E-state index contributed by atoms with van der Waals surface area (Å²) in [7, 11) is 0. The molecule has 1 aromatic carbocycles. The van der Waals surface area contributed by atoms with E-state index in [4.69, 9.17) is 5.11 Å². The maximum absolute atomic E-state index is 13.9. The average Bonchev–Trinajstić information content (AvgIpc) is 2.88. The SMILES string of the molecule is Cc1cscc1C(=O)Nc1ccc(C#CCCO)cc1F. The third-order valence-corrected chi connectivity index (χ3v) is 3.65. The molecule has 0 unspecified atom stereocenters. The number of thiophene rings is 1. The number of nitrogens with one attached hydrogen (secondary N) is 1. The zero-order valence-electron chi connectivity index (χ0n) is 11.4. The summed E-state index contributed by atoms with van der Waals surface area (Å²) in [6.07, 6.45) is 0.345. The Morgan fingerprint density at radius 3 is 2.86 bits per heavy atom. The smallest absolute Gasteiger partial charge is 0.256 e. The number of aliphatic hydroxyl groups is 1. The number of halogens is 1. The van der Waals surface area contributed by atoms with E-state index >= 15 is 0 Å². The predicted octanol–water partition coefficient (Wildman–Crippen LogP) is 3.18. The van der Waals surface area contributed by atoms with E-state index in [2.05, 4.69) is 17.2 Å². The molecule has 108 valence electrons. The maximum Gasteiger partial charge on any atom is 0.256 e. The molecule has 2 rings (SSSR count). The number of amides is 1. The monoisotopic (exact) mass is 303 g/mol. The fraction of sp³-hybridized carbons (Fsp3) is 0.188. The number of aliphatic hydroxyl groups excluding tert-OH is 1. The maximum atomic E-state index is 13.9. The molecule has 2 N–H and O–H groups in total. The van der Waals surface area contributed by atoms with Crippen molar-refractivity contribution in [1.82, 2.24) is 0 Å². The van der Waals surface area contributed by atoms with Gasteiger partial charge < -0.3 is 10.4 Å². The summed E-state index contributed by atoms with van der Waals surface area (Å²) in [5.41, 5.74) is 2.04. The van der Waals surface area contributed by atoms with Crippen LogP contribution in [0, 0.1) is 24.6 Å². The first-order valence-corrected chi connectivity index (χ1v) is 7.29. The van der Waals surface area contributed by atoms with E-state index in [-0.39, 0.29) is 18.2 Å². The first kappa shape index (κ1) is 15.2. The average molecular weight is 303 g/mol. The Hall–Kier alpha value is -2.16. The minimum absolute atomic E-state index is 0.0242. The highest BCUT2D eigenvalue weighted by atomic mass is 32.1. The lowest BCUT2D eigenvalue weighted by atomic mass is 10.1. The molecule has 0 saturated carbocycles. The normalized spacial score (nSPS) is 9.86. The molecule has 0 spiro atoms. The van der Waals surface area contributed by atoms with E-state index in [1.807, 2.05) is 12.3 Å². The highest BCUT2D eigenvalue weighted by molar-refractivity contribution is 7.08. The number of hydrogen-bond donors (Lipinski definition) is 2. The molecule has 2 aromatic rings. The summed E-state index contributed by atoms with van der Waals surface area (Å²) in [4.78, 5) is 12.0. The van der Waals surface area contributed by atoms with Crippen molar-refractivity contribution in [2.75, 3.05) is 11.9 Å². The van der Waals surface area contributed by atoms with Crippen LogP contribution in [0.15, 0.2) is 29.0 Å². The van der Waals surface area contributed by atoms with Gasteiger partial charge in [-0.05, 0) is 36.1 Å². The fourth-order valence-corrected chi connectivity index (χ4v) is 2.53. The zero-order valence-corrected chi connectivity index (χ0v) is 12.3. The van der Waals surface area contributed by atoms with Gasteiger partial charge in [-0.2, -0.15) is 11.3 Å². The number of rotatable bonds is 3. The van der Waals surface area contributed by atoms with Gasteiger partial charge in [0, 0.05) is 17.4 Å². The molecule has 1 amide bonds. The van der Waals surface area contributed by atoms with Crippen molar-refractivity contribution in [3.63, 3.8) is 0 Å². The Morgan fingerprint density at radius 2 is 2.24 bits per heavy atom. The van der Waals surface area contributed by atoms with E-state index < -0.39 is 5.82 Å². The van der Waals surface area contributed by atoms with Gasteiger partial charge >= 0.3 is 0 Å². The first-order chi connectivity index (χ1) is 10.1. The Bertz CT molecular complexity index is 713. The highest BCUT2D eigenvalue weighted by Crippen LogP contribution is 2.19. The molecule has 3 nitrogen and oxygen atoms in total. The van der Waals surface area contributed by atoms with Gasteiger partial charge in [-0.1, -0.05) is 11.8 Å². The van der Waals surface area contributed by atoms with E-state index in [1.54, 1.807) is 11.4 Å². The molecule has 0 fully saturated rings. The van der Waals surface area contributed by atoms with Crippen LogP contribution in [0.2, 0.25) is 0 Å². The van der Waals surface area contributed by atoms with Gasteiger partial charge in [0.05, 0.1) is 17.9 Å².